The van der Waals surface area contributed by atoms with E-state index in [1.807, 2.05) is 12.1 Å². The summed E-state index contributed by atoms with van der Waals surface area (Å²) in [4.78, 5) is 6.21. The largest absolute Gasteiger partial charge is 0.508 e. The lowest BCUT2D eigenvalue weighted by atomic mass is 10.2. The van der Waals surface area contributed by atoms with Crippen molar-refractivity contribution in [1.82, 2.24) is 9.80 Å². The van der Waals surface area contributed by atoms with Crippen LogP contribution in [-0.2, 0) is 13.1 Å². The molecule has 126 valence electrons. The molecular weight excluding hydrogens is 320 g/mol. The van der Waals surface area contributed by atoms with Crippen molar-refractivity contribution in [2.75, 3.05) is 32.8 Å². The van der Waals surface area contributed by atoms with E-state index in [1.54, 1.807) is 17.4 Å². The number of piperazine rings is 1. The molecule has 0 saturated carbocycles. The monoisotopic (exact) mass is 342 g/mol. The van der Waals surface area contributed by atoms with Crippen molar-refractivity contribution >= 4 is 11.3 Å². The molecule has 4 nitrogen and oxygen atoms in total. The van der Waals surface area contributed by atoms with Crippen molar-refractivity contribution in [3.05, 3.63) is 51.7 Å². The molecule has 0 bridgehead atoms. The van der Waals surface area contributed by atoms with Crippen LogP contribution in [0.15, 0.2) is 35.7 Å². The van der Waals surface area contributed by atoms with Gasteiger partial charge in [-0.25, -0.2) is 0 Å². The zero-order valence-corrected chi connectivity index (χ0v) is 14.4. The SMILES string of the molecule is OCC#Cc1csc(CN2CCN(Cc3cccc(O)c3)CC2)c1. The Hall–Kier alpha value is -1.84. The third kappa shape index (κ3) is 4.83. The summed E-state index contributed by atoms with van der Waals surface area (Å²) < 4.78 is 0. The van der Waals surface area contributed by atoms with Crippen molar-refractivity contribution in [2.24, 2.45) is 0 Å². The van der Waals surface area contributed by atoms with Gasteiger partial charge in [0.05, 0.1) is 0 Å². The topological polar surface area (TPSA) is 46.9 Å². The van der Waals surface area contributed by atoms with Crippen LogP contribution in [0.2, 0.25) is 0 Å². The quantitative estimate of drug-likeness (QED) is 0.836. The highest BCUT2D eigenvalue weighted by Crippen LogP contribution is 2.18. The van der Waals surface area contributed by atoms with Crippen LogP contribution in [0.5, 0.6) is 5.75 Å². The minimum atomic E-state index is -0.0909. The molecule has 1 fully saturated rings. The van der Waals surface area contributed by atoms with E-state index < -0.39 is 0 Å². The fourth-order valence-electron chi connectivity index (χ4n) is 2.91. The first-order chi connectivity index (χ1) is 11.7. The molecule has 0 spiro atoms. The molecular formula is C19H22N2O2S. The first kappa shape index (κ1) is 17.0. The van der Waals surface area contributed by atoms with Crippen LogP contribution >= 0.6 is 11.3 Å². The predicted molar refractivity (Wildman–Crippen MR) is 96.9 cm³/mol. The summed E-state index contributed by atoms with van der Waals surface area (Å²) in [7, 11) is 0. The van der Waals surface area contributed by atoms with E-state index in [2.05, 4.69) is 39.2 Å². The fourth-order valence-corrected chi connectivity index (χ4v) is 3.77. The average Bonchev–Trinajstić information content (AvgIpc) is 3.02. The fraction of sp³-hybridized carbons (Fsp3) is 0.368. The number of aromatic hydroxyl groups is 1. The first-order valence-electron chi connectivity index (χ1n) is 8.13. The molecule has 1 aromatic carbocycles. The zero-order valence-electron chi connectivity index (χ0n) is 13.6. The van der Waals surface area contributed by atoms with E-state index in [1.165, 1.54) is 4.88 Å². The predicted octanol–water partition coefficient (Wildman–Crippen LogP) is 2.12. The lowest BCUT2D eigenvalue weighted by Gasteiger charge is -2.34. The molecule has 0 amide bonds. The number of nitrogens with zero attached hydrogens (tertiary/aromatic N) is 2. The molecule has 2 heterocycles. The summed E-state index contributed by atoms with van der Waals surface area (Å²) in [6.45, 7) is 5.94. The summed E-state index contributed by atoms with van der Waals surface area (Å²) in [6.07, 6.45) is 0. The lowest BCUT2D eigenvalue weighted by Crippen LogP contribution is -2.45. The molecule has 1 aromatic heterocycles. The standard InChI is InChI=1S/C19H22N2O2S/c22-10-2-4-17-12-19(24-15-17)14-21-8-6-20(7-9-21)13-16-3-1-5-18(23)11-16/h1,3,5,11-12,15,22-23H,6-10,13-14H2. The minimum Gasteiger partial charge on any atom is -0.508 e. The highest BCUT2D eigenvalue weighted by Gasteiger charge is 2.17. The maximum Gasteiger partial charge on any atom is 0.115 e. The smallest absolute Gasteiger partial charge is 0.115 e. The summed E-state index contributed by atoms with van der Waals surface area (Å²) >= 11 is 1.73. The van der Waals surface area contributed by atoms with E-state index in [0.29, 0.717) is 5.75 Å². The third-order valence-corrected chi connectivity index (χ3v) is 5.05. The second kappa shape index (κ2) is 8.32. The molecule has 3 rings (SSSR count). The Kier molecular flexibility index (Phi) is 5.89. The van der Waals surface area contributed by atoms with Gasteiger partial charge >= 0.3 is 0 Å². The maximum atomic E-state index is 9.56. The Morgan fingerprint density at radius 3 is 2.50 bits per heavy atom. The first-order valence-corrected chi connectivity index (χ1v) is 9.00. The van der Waals surface area contributed by atoms with Crippen molar-refractivity contribution in [1.29, 1.82) is 0 Å². The zero-order chi connectivity index (χ0) is 16.8. The Balaban J connectivity index is 1.47. The van der Waals surface area contributed by atoms with Crippen LogP contribution in [-0.4, -0.2) is 52.8 Å². The van der Waals surface area contributed by atoms with E-state index in [-0.39, 0.29) is 6.61 Å². The number of phenols is 1. The van der Waals surface area contributed by atoms with Crippen molar-refractivity contribution in [3.63, 3.8) is 0 Å². The van der Waals surface area contributed by atoms with Gasteiger partial charge in [0.25, 0.3) is 0 Å². The minimum absolute atomic E-state index is 0.0909. The van der Waals surface area contributed by atoms with Gasteiger partial charge in [-0.15, -0.1) is 11.3 Å². The summed E-state index contributed by atoms with van der Waals surface area (Å²) in [5.74, 6) is 5.98. The van der Waals surface area contributed by atoms with Gasteiger partial charge in [0.15, 0.2) is 0 Å². The number of hydrogen-bond acceptors (Lipinski definition) is 5. The molecule has 0 radical (unpaired) electrons. The van der Waals surface area contributed by atoms with Gasteiger partial charge in [-0.3, -0.25) is 9.80 Å². The lowest BCUT2D eigenvalue weighted by molar-refractivity contribution is 0.123. The van der Waals surface area contributed by atoms with Crippen LogP contribution in [0, 0.1) is 11.8 Å². The molecule has 24 heavy (non-hydrogen) atoms. The number of rotatable bonds is 4. The molecule has 2 aromatic rings. The highest BCUT2D eigenvalue weighted by atomic mass is 32.1. The Morgan fingerprint density at radius 1 is 1.04 bits per heavy atom. The summed E-state index contributed by atoms with van der Waals surface area (Å²) in [6, 6.07) is 9.63. The summed E-state index contributed by atoms with van der Waals surface area (Å²) in [5, 5.41) is 20.4. The number of aliphatic hydroxyl groups excluding tert-OH is 1. The highest BCUT2D eigenvalue weighted by molar-refractivity contribution is 7.10. The van der Waals surface area contributed by atoms with Gasteiger partial charge in [0.2, 0.25) is 0 Å². The molecule has 1 saturated heterocycles. The maximum absolute atomic E-state index is 9.56. The van der Waals surface area contributed by atoms with Crippen molar-refractivity contribution < 1.29 is 10.2 Å². The molecule has 0 atom stereocenters. The average molecular weight is 342 g/mol. The van der Waals surface area contributed by atoms with Crippen LogP contribution < -0.4 is 0 Å². The molecule has 2 N–H and O–H groups in total. The number of hydrogen-bond donors (Lipinski definition) is 2. The second-order valence-corrected chi connectivity index (χ2v) is 6.98. The normalized spacial score (nSPS) is 15.9. The molecule has 0 unspecified atom stereocenters. The van der Waals surface area contributed by atoms with Crippen LogP contribution in [0.1, 0.15) is 16.0 Å². The van der Waals surface area contributed by atoms with Gasteiger partial charge < -0.3 is 10.2 Å². The Morgan fingerprint density at radius 2 is 1.79 bits per heavy atom. The third-order valence-electron chi connectivity index (χ3n) is 4.13. The molecule has 1 aliphatic heterocycles. The van der Waals surface area contributed by atoms with Gasteiger partial charge in [0.1, 0.15) is 12.4 Å². The van der Waals surface area contributed by atoms with E-state index in [9.17, 15) is 5.11 Å². The van der Waals surface area contributed by atoms with Gasteiger partial charge in [-0.1, -0.05) is 24.0 Å². The van der Waals surface area contributed by atoms with E-state index in [4.69, 9.17) is 5.11 Å². The van der Waals surface area contributed by atoms with Crippen molar-refractivity contribution in [3.8, 4) is 17.6 Å². The van der Waals surface area contributed by atoms with Gasteiger partial charge in [-0.2, -0.15) is 0 Å². The molecule has 5 heteroatoms. The molecule has 1 aliphatic rings. The number of aliphatic hydroxyl groups is 1. The van der Waals surface area contributed by atoms with Gasteiger partial charge in [-0.05, 0) is 23.8 Å². The van der Waals surface area contributed by atoms with Crippen LogP contribution in [0.3, 0.4) is 0 Å². The number of thiophene rings is 1. The second-order valence-electron chi connectivity index (χ2n) is 5.98. The van der Waals surface area contributed by atoms with Crippen LogP contribution in [0.25, 0.3) is 0 Å². The van der Waals surface area contributed by atoms with Gasteiger partial charge in [0, 0.05) is 55.1 Å². The van der Waals surface area contributed by atoms with E-state index in [0.717, 1.165) is 50.4 Å². The summed E-state index contributed by atoms with van der Waals surface area (Å²) in [5.41, 5.74) is 2.15. The Bertz CT molecular complexity index is 724. The van der Waals surface area contributed by atoms with Crippen LogP contribution in [0.4, 0.5) is 0 Å². The Labute approximate surface area is 147 Å². The van der Waals surface area contributed by atoms with E-state index >= 15 is 0 Å². The van der Waals surface area contributed by atoms with Crippen molar-refractivity contribution in [2.45, 2.75) is 13.1 Å². The number of benzene rings is 1. The number of phenolic OH excluding ortho intramolecular Hbond substituents is 1. The molecule has 0 aliphatic carbocycles.